The lowest BCUT2D eigenvalue weighted by Crippen LogP contribution is -2.10. The van der Waals surface area contributed by atoms with Gasteiger partial charge in [0.1, 0.15) is 11.5 Å². The Kier molecular flexibility index (Phi) is 15.0. The number of anilines is 4. The monoisotopic (exact) mass is 488 g/mol. The van der Waals surface area contributed by atoms with E-state index in [-0.39, 0.29) is 49.6 Å². The maximum atomic E-state index is 6.10. The summed E-state index contributed by atoms with van der Waals surface area (Å²) in [4.78, 5) is 0. The summed E-state index contributed by atoms with van der Waals surface area (Å²) in [6.45, 7) is 8.60. The summed E-state index contributed by atoms with van der Waals surface area (Å²) in [7, 11) is 0. The normalized spacial score (nSPS) is 9.24. The number of hydrogen-bond donors (Lipinski definition) is 4. The van der Waals surface area contributed by atoms with Crippen LogP contribution in [0.3, 0.4) is 0 Å². The Morgan fingerprint density at radius 3 is 1.24 bits per heavy atom. The molecule has 0 aromatic heterocycles. The van der Waals surface area contributed by atoms with E-state index >= 15 is 0 Å². The number of benzene rings is 2. The minimum Gasteiger partial charge on any atom is -0.491 e. The standard InChI is InChI=1S/C19H28N4O2.4ClH/c1-10-8-14(20)12(3)16(22)18(10)24-6-5-7-25-19-11(2)9-15(21)13(4)17(19)23;;;;/h8-9H,5-7,20-23H2,1-4H3;4*1H. The van der Waals surface area contributed by atoms with Gasteiger partial charge >= 0.3 is 0 Å². The van der Waals surface area contributed by atoms with E-state index in [0.717, 1.165) is 22.3 Å². The minimum atomic E-state index is 0. The van der Waals surface area contributed by atoms with E-state index in [1.807, 2.05) is 39.8 Å². The summed E-state index contributed by atoms with van der Waals surface area (Å²) < 4.78 is 11.7. The third kappa shape index (κ3) is 7.30. The first-order valence-electron chi connectivity index (χ1n) is 8.29. The molecule has 0 spiro atoms. The van der Waals surface area contributed by atoms with E-state index in [2.05, 4.69) is 0 Å². The fourth-order valence-corrected chi connectivity index (χ4v) is 2.68. The van der Waals surface area contributed by atoms with Gasteiger partial charge in [0.2, 0.25) is 0 Å². The molecule has 10 heteroatoms. The molecule has 2 aromatic rings. The van der Waals surface area contributed by atoms with Gasteiger partial charge in [-0.05, 0) is 62.1 Å². The van der Waals surface area contributed by atoms with Crippen molar-refractivity contribution in [3.8, 4) is 11.5 Å². The van der Waals surface area contributed by atoms with Crippen molar-refractivity contribution in [2.75, 3.05) is 36.1 Å². The fraction of sp³-hybridized carbons (Fsp3) is 0.368. The summed E-state index contributed by atoms with van der Waals surface area (Å²) in [5.74, 6) is 1.37. The molecule has 0 aliphatic carbocycles. The molecule has 0 aliphatic heterocycles. The van der Waals surface area contributed by atoms with Gasteiger partial charge in [0.15, 0.2) is 0 Å². The van der Waals surface area contributed by atoms with Crippen molar-refractivity contribution < 1.29 is 9.47 Å². The van der Waals surface area contributed by atoms with E-state index in [1.54, 1.807) is 0 Å². The van der Waals surface area contributed by atoms with E-state index in [4.69, 9.17) is 32.4 Å². The molecule has 6 nitrogen and oxygen atoms in total. The summed E-state index contributed by atoms with van der Waals surface area (Å²) in [6.07, 6.45) is 0.699. The number of nitrogen functional groups attached to an aromatic ring is 4. The van der Waals surface area contributed by atoms with Gasteiger partial charge in [-0.1, -0.05) is 0 Å². The van der Waals surface area contributed by atoms with Gasteiger partial charge in [0.05, 0.1) is 24.6 Å². The predicted octanol–water partition coefficient (Wildman–Crippen LogP) is 4.78. The van der Waals surface area contributed by atoms with Crippen molar-refractivity contribution in [3.05, 3.63) is 34.4 Å². The molecule has 168 valence electrons. The van der Waals surface area contributed by atoms with Gasteiger partial charge in [-0.3, -0.25) is 0 Å². The van der Waals surface area contributed by atoms with E-state index in [1.165, 1.54) is 0 Å². The summed E-state index contributed by atoms with van der Waals surface area (Å²) in [5.41, 5.74) is 30.1. The molecule has 0 saturated heterocycles. The Hall–Kier alpha value is -1.60. The molecule has 0 aliphatic rings. The van der Waals surface area contributed by atoms with Gasteiger partial charge in [0.25, 0.3) is 0 Å². The van der Waals surface area contributed by atoms with Crippen molar-refractivity contribution in [2.45, 2.75) is 34.1 Å². The van der Waals surface area contributed by atoms with Gasteiger partial charge in [-0.2, -0.15) is 0 Å². The van der Waals surface area contributed by atoms with E-state index in [9.17, 15) is 0 Å². The molecule has 0 atom stereocenters. The largest absolute Gasteiger partial charge is 0.491 e. The maximum absolute atomic E-state index is 6.10. The maximum Gasteiger partial charge on any atom is 0.145 e. The lowest BCUT2D eigenvalue weighted by molar-refractivity contribution is 0.247. The van der Waals surface area contributed by atoms with Crippen molar-refractivity contribution in [1.82, 2.24) is 0 Å². The minimum absolute atomic E-state index is 0. The van der Waals surface area contributed by atoms with Gasteiger partial charge in [-0.25, -0.2) is 0 Å². The van der Waals surface area contributed by atoms with Crippen molar-refractivity contribution in [3.63, 3.8) is 0 Å². The second-order valence-electron chi connectivity index (χ2n) is 6.35. The van der Waals surface area contributed by atoms with Crippen LogP contribution in [0.4, 0.5) is 22.7 Å². The molecule has 2 rings (SSSR count). The first kappa shape index (κ1) is 32.1. The molecule has 0 fully saturated rings. The third-order valence-electron chi connectivity index (χ3n) is 4.41. The number of halogens is 4. The van der Waals surface area contributed by atoms with Gasteiger partial charge < -0.3 is 32.4 Å². The Morgan fingerprint density at radius 1 is 0.621 bits per heavy atom. The predicted molar refractivity (Wildman–Crippen MR) is 134 cm³/mol. The molecule has 29 heavy (non-hydrogen) atoms. The number of rotatable bonds is 6. The smallest absolute Gasteiger partial charge is 0.145 e. The average Bonchev–Trinajstić information content (AvgIpc) is 2.55. The van der Waals surface area contributed by atoms with Crippen LogP contribution in [0.1, 0.15) is 28.7 Å². The first-order chi connectivity index (χ1) is 11.7. The zero-order valence-electron chi connectivity index (χ0n) is 17.0. The number of hydrogen-bond acceptors (Lipinski definition) is 6. The van der Waals surface area contributed by atoms with Crippen molar-refractivity contribution in [2.24, 2.45) is 0 Å². The van der Waals surface area contributed by atoms with Crippen LogP contribution in [0.25, 0.3) is 0 Å². The molecule has 2 aromatic carbocycles. The highest BCUT2D eigenvalue weighted by Crippen LogP contribution is 2.34. The zero-order valence-corrected chi connectivity index (χ0v) is 20.3. The second kappa shape index (κ2) is 13.6. The Bertz CT molecular complexity index is 739. The SMILES string of the molecule is Cc1cc(N)c(C)c(N)c1OCCCOc1c(C)cc(N)c(C)c1N.Cl.Cl.Cl.Cl. The average molecular weight is 490 g/mol. The third-order valence-corrected chi connectivity index (χ3v) is 4.41. The highest BCUT2D eigenvalue weighted by molar-refractivity contribution is 5.86. The number of aryl methyl sites for hydroxylation is 2. The highest BCUT2D eigenvalue weighted by atomic mass is 35.5. The quantitative estimate of drug-likeness (QED) is 0.341. The van der Waals surface area contributed by atoms with Gasteiger partial charge in [0, 0.05) is 17.8 Å². The Balaban J connectivity index is -0.00000169. The Labute approximate surface area is 197 Å². The van der Waals surface area contributed by atoms with Crippen LogP contribution in [0.15, 0.2) is 12.1 Å². The molecule has 8 N–H and O–H groups in total. The number of nitrogens with two attached hydrogens (primary N) is 4. The van der Waals surface area contributed by atoms with Crippen LogP contribution in [-0.4, -0.2) is 13.2 Å². The van der Waals surface area contributed by atoms with E-state index < -0.39 is 0 Å². The molecule has 0 unspecified atom stereocenters. The Morgan fingerprint density at radius 2 is 0.931 bits per heavy atom. The van der Waals surface area contributed by atoms with Crippen LogP contribution in [0, 0.1) is 27.7 Å². The van der Waals surface area contributed by atoms with E-state index in [0.29, 0.717) is 53.9 Å². The molecular weight excluding hydrogens is 458 g/mol. The zero-order chi connectivity index (χ0) is 18.7. The second-order valence-corrected chi connectivity index (χ2v) is 6.35. The molecule has 0 bridgehead atoms. The first-order valence-corrected chi connectivity index (χ1v) is 8.29. The molecule has 0 heterocycles. The highest BCUT2D eigenvalue weighted by Gasteiger charge is 2.12. The lowest BCUT2D eigenvalue weighted by Gasteiger charge is -2.17. The van der Waals surface area contributed by atoms with Crippen LogP contribution in [0.2, 0.25) is 0 Å². The van der Waals surface area contributed by atoms with Crippen LogP contribution in [-0.2, 0) is 0 Å². The molecule has 0 saturated carbocycles. The lowest BCUT2D eigenvalue weighted by atomic mass is 10.1. The summed E-state index contributed by atoms with van der Waals surface area (Å²) in [5, 5.41) is 0. The van der Waals surface area contributed by atoms with Crippen molar-refractivity contribution in [1.29, 1.82) is 0 Å². The fourth-order valence-electron chi connectivity index (χ4n) is 2.68. The van der Waals surface area contributed by atoms with Crippen molar-refractivity contribution >= 4 is 72.4 Å². The molecule has 0 amide bonds. The topological polar surface area (TPSA) is 123 Å². The molecular formula is C19H32Cl4N4O2. The van der Waals surface area contributed by atoms with Crippen LogP contribution in [0.5, 0.6) is 11.5 Å². The number of ether oxygens (including phenoxy) is 2. The van der Waals surface area contributed by atoms with Crippen LogP contribution >= 0.6 is 49.6 Å². The van der Waals surface area contributed by atoms with Crippen LogP contribution < -0.4 is 32.4 Å². The molecule has 0 radical (unpaired) electrons. The summed E-state index contributed by atoms with van der Waals surface area (Å²) in [6, 6.07) is 3.75. The van der Waals surface area contributed by atoms with Gasteiger partial charge in [-0.15, -0.1) is 49.6 Å². The summed E-state index contributed by atoms with van der Waals surface area (Å²) >= 11 is 0.